The number of nitrogens with zero attached hydrogens (tertiary/aromatic N) is 2. The second kappa shape index (κ2) is 6.10. The van der Waals surface area contributed by atoms with E-state index in [2.05, 4.69) is 23.5 Å². The van der Waals surface area contributed by atoms with Gasteiger partial charge in [0.15, 0.2) is 0 Å². The fourth-order valence-corrected chi connectivity index (χ4v) is 1.62. The summed E-state index contributed by atoms with van der Waals surface area (Å²) < 4.78 is 0. The normalized spacial score (nSPS) is 14.9. The molecule has 0 heterocycles. The molecule has 96 valence electrons. The van der Waals surface area contributed by atoms with E-state index in [1.165, 1.54) is 0 Å². The minimum atomic E-state index is 0.935. The van der Waals surface area contributed by atoms with Crippen molar-refractivity contribution < 1.29 is 0 Å². The molecule has 1 aliphatic carbocycles. The van der Waals surface area contributed by atoms with Crippen LogP contribution in [0.5, 0.6) is 0 Å². The first-order chi connectivity index (χ1) is 9.17. The zero-order valence-electron chi connectivity index (χ0n) is 11.4. The van der Waals surface area contributed by atoms with E-state index >= 15 is 0 Å². The Balaban J connectivity index is 2.16. The Hall–Kier alpha value is -2.22. The van der Waals surface area contributed by atoms with Crippen LogP contribution in [0.3, 0.4) is 0 Å². The van der Waals surface area contributed by atoms with Crippen LogP contribution < -0.4 is 0 Å². The second-order valence-electron chi connectivity index (χ2n) is 4.50. The highest BCUT2D eigenvalue weighted by Crippen LogP contribution is 2.20. The highest BCUT2D eigenvalue weighted by atomic mass is 14.8. The quantitative estimate of drug-likeness (QED) is 0.678. The zero-order valence-corrected chi connectivity index (χ0v) is 11.4. The summed E-state index contributed by atoms with van der Waals surface area (Å²) in [7, 11) is 0. The van der Waals surface area contributed by atoms with Gasteiger partial charge < -0.3 is 0 Å². The summed E-state index contributed by atoms with van der Waals surface area (Å²) in [5, 5.41) is 0. The molecule has 0 fully saturated rings. The molecule has 0 spiro atoms. The predicted molar refractivity (Wildman–Crippen MR) is 84.0 cm³/mol. The van der Waals surface area contributed by atoms with E-state index in [0.717, 1.165) is 34.8 Å². The van der Waals surface area contributed by atoms with Gasteiger partial charge in [0.2, 0.25) is 0 Å². The molecule has 0 aliphatic heterocycles. The van der Waals surface area contributed by atoms with Gasteiger partial charge >= 0.3 is 0 Å². The number of benzene rings is 1. The Kier molecular flexibility index (Phi) is 4.24. The molecule has 0 radical (unpaired) electrons. The van der Waals surface area contributed by atoms with Gasteiger partial charge in [-0.2, -0.15) is 0 Å². The average molecular weight is 250 g/mol. The highest BCUT2D eigenvalue weighted by Gasteiger charge is 1.97. The number of hydrogen-bond acceptors (Lipinski definition) is 2. The molecule has 0 N–H and O–H groups in total. The first kappa shape index (κ1) is 13.2. The summed E-state index contributed by atoms with van der Waals surface area (Å²) in [5.74, 6) is 0. The first-order valence-corrected chi connectivity index (χ1v) is 6.45. The molecule has 1 aromatic carbocycles. The van der Waals surface area contributed by atoms with Crippen molar-refractivity contribution in [3.8, 4) is 0 Å². The van der Waals surface area contributed by atoms with Crippen LogP contribution in [0.4, 0.5) is 11.4 Å². The van der Waals surface area contributed by atoms with Gasteiger partial charge in [0, 0.05) is 5.71 Å². The van der Waals surface area contributed by atoms with Crippen molar-refractivity contribution in [1.82, 2.24) is 0 Å². The predicted octanol–water partition coefficient (Wildman–Crippen LogP) is 4.94. The third-order valence-corrected chi connectivity index (χ3v) is 2.88. The zero-order chi connectivity index (χ0) is 13.7. The summed E-state index contributed by atoms with van der Waals surface area (Å²) >= 11 is 0. The molecule has 0 amide bonds. The Bertz CT molecular complexity index is 566. The van der Waals surface area contributed by atoms with E-state index in [4.69, 9.17) is 0 Å². The van der Waals surface area contributed by atoms with E-state index in [9.17, 15) is 0 Å². The van der Waals surface area contributed by atoms with Crippen molar-refractivity contribution in [2.75, 3.05) is 0 Å². The maximum Gasteiger partial charge on any atom is 0.0638 e. The molecule has 2 nitrogen and oxygen atoms in total. The van der Waals surface area contributed by atoms with Crippen LogP contribution in [-0.2, 0) is 0 Å². The summed E-state index contributed by atoms with van der Waals surface area (Å²) in [4.78, 5) is 9.05. The van der Waals surface area contributed by atoms with E-state index in [-0.39, 0.29) is 0 Å². The van der Waals surface area contributed by atoms with Crippen molar-refractivity contribution in [3.63, 3.8) is 0 Å². The lowest BCUT2D eigenvalue weighted by molar-refractivity contribution is 1.25. The largest absolute Gasteiger partial charge is 0.258 e. The fourth-order valence-electron chi connectivity index (χ4n) is 1.62. The number of hydrogen-bond donors (Lipinski definition) is 0. The molecule has 1 aromatic rings. The van der Waals surface area contributed by atoms with E-state index < -0.39 is 0 Å². The summed E-state index contributed by atoms with van der Waals surface area (Å²) in [6.07, 6.45) is 8.83. The first-order valence-electron chi connectivity index (χ1n) is 6.45. The van der Waals surface area contributed by atoms with Gasteiger partial charge in [-0.1, -0.05) is 25.7 Å². The SMILES string of the molecule is C=C1C=CC(=Nc2ccc(N=C(C)CC)cc2)C=C1. The van der Waals surface area contributed by atoms with Gasteiger partial charge in [-0.05, 0) is 55.3 Å². The third-order valence-electron chi connectivity index (χ3n) is 2.88. The smallest absolute Gasteiger partial charge is 0.0638 e. The third kappa shape index (κ3) is 3.88. The van der Waals surface area contributed by atoms with E-state index in [1.807, 2.05) is 55.5 Å². The van der Waals surface area contributed by atoms with Crippen LogP contribution in [-0.4, -0.2) is 11.4 Å². The minimum Gasteiger partial charge on any atom is -0.258 e. The van der Waals surface area contributed by atoms with Gasteiger partial charge in [0.25, 0.3) is 0 Å². The van der Waals surface area contributed by atoms with Crippen molar-refractivity contribution in [1.29, 1.82) is 0 Å². The molecule has 0 aromatic heterocycles. The number of aliphatic imine (C=N–C) groups is 2. The summed E-state index contributed by atoms with van der Waals surface area (Å²) in [5.41, 5.74) is 4.99. The lowest BCUT2D eigenvalue weighted by Gasteiger charge is -2.02. The molecule has 2 rings (SSSR count). The average Bonchev–Trinajstić information content (AvgIpc) is 2.43. The molecule has 19 heavy (non-hydrogen) atoms. The fraction of sp³-hybridized carbons (Fsp3) is 0.176. The van der Waals surface area contributed by atoms with Crippen molar-refractivity contribution in [3.05, 3.63) is 60.7 Å². The van der Waals surface area contributed by atoms with Crippen LogP contribution in [0.1, 0.15) is 20.3 Å². The standard InChI is InChI=1S/C17H18N2/c1-4-14(3)18-15-9-11-17(12-10-15)19-16-7-5-13(2)6-8-16/h5-12H,2,4H2,1,3H3. The van der Waals surface area contributed by atoms with Crippen LogP contribution in [0.25, 0.3) is 0 Å². The van der Waals surface area contributed by atoms with Crippen LogP contribution in [0, 0.1) is 0 Å². The van der Waals surface area contributed by atoms with Crippen LogP contribution >= 0.6 is 0 Å². The van der Waals surface area contributed by atoms with Gasteiger partial charge in [-0.3, -0.25) is 4.99 Å². The van der Waals surface area contributed by atoms with Crippen molar-refractivity contribution in [2.45, 2.75) is 20.3 Å². The minimum absolute atomic E-state index is 0.935. The van der Waals surface area contributed by atoms with Crippen molar-refractivity contribution >= 4 is 22.8 Å². The molecule has 0 unspecified atom stereocenters. The Morgan fingerprint density at radius 3 is 2.16 bits per heavy atom. The Labute approximate surface area is 114 Å². The Morgan fingerprint density at radius 1 is 1.00 bits per heavy atom. The van der Waals surface area contributed by atoms with Crippen LogP contribution in [0.2, 0.25) is 0 Å². The Morgan fingerprint density at radius 2 is 1.58 bits per heavy atom. The van der Waals surface area contributed by atoms with Gasteiger partial charge in [-0.25, -0.2) is 4.99 Å². The molecule has 0 saturated heterocycles. The van der Waals surface area contributed by atoms with Gasteiger partial charge in [0.1, 0.15) is 0 Å². The van der Waals surface area contributed by atoms with Crippen LogP contribution in [0.15, 0.2) is 70.7 Å². The molecular weight excluding hydrogens is 232 g/mol. The van der Waals surface area contributed by atoms with Gasteiger partial charge in [0.05, 0.1) is 17.1 Å². The lowest BCUT2D eigenvalue weighted by atomic mass is 10.1. The molecule has 1 aliphatic rings. The van der Waals surface area contributed by atoms with E-state index in [1.54, 1.807) is 0 Å². The van der Waals surface area contributed by atoms with Gasteiger partial charge in [-0.15, -0.1) is 0 Å². The molecule has 0 bridgehead atoms. The maximum atomic E-state index is 4.55. The molecule has 0 atom stereocenters. The van der Waals surface area contributed by atoms with E-state index in [0.29, 0.717) is 0 Å². The lowest BCUT2D eigenvalue weighted by Crippen LogP contribution is -1.91. The second-order valence-corrected chi connectivity index (χ2v) is 4.50. The summed E-state index contributed by atoms with van der Waals surface area (Å²) in [6.45, 7) is 8.01. The topological polar surface area (TPSA) is 24.7 Å². The molecule has 2 heteroatoms. The maximum absolute atomic E-state index is 4.55. The monoisotopic (exact) mass is 250 g/mol. The summed E-state index contributed by atoms with van der Waals surface area (Å²) in [6, 6.07) is 7.96. The molecule has 0 saturated carbocycles. The van der Waals surface area contributed by atoms with Crippen molar-refractivity contribution in [2.24, 2.45) is 9.98 Å². The number of rotatable bonds is 3. The number of allylic oxidation sites excluding steroid dienone is 5. The molecular formula is C17H18N2. The highest BCUT2D eigenvalue weighted by molar-refractivity contribution is 6.07.